The van der Waals surface area contributed by atoms with Gasteiger partial charge in [-0.2, -0.15) is 0 Å². The normalized spacial score (nSPS) is 11.6. The number of carboxylic acids is 1. The number of aryl methyl sites for hydroxylation is 1. The molecule has 0 spiro atoms. The summed E-state index contributed by atoms with van der Waals surface area (Å²) in [6, 6.07) is 24.9. The van der Waals surface area contributed by atoms with Crippen molar-refractivity contribution in [1.29, 1.82) is 0 Å². The average Bonchev–Trinajstić information content (AvgIpc) is 2.84. The molecule has 1 atom stereocenters. The summed E-state index contributed by atoms with van der Waals surface area (Å²) in [7, 11) is 0. The van der Waals surface area contributed by atoms with Crippen molar-refractivity contribution in [2.75, 3.05) is 10.6 Å². The molecule has 0 saturated carbocycles. The van der Waals surface area contributed by atoms with E-state index in [1.165, 1.54) is 17.8 Å². The zero-order valence-corrected chi connectivity index (χ0v) is 20.1. The summed E-state index contributed by atoms with van der Waals surface area (Å²) in [5.41, 5.74) is 2.77. The van der Waals surface area contributed by atoms with Gasteiger partial charge in [-0.25, -0.2) is 4.79 Å². The fraction of sp³-hybridized carbons (Fsp3) is 0.107. The molecule has 1 unspecified atom stereocenters. The number of hydrogen-bond donors (Lipinski definition) is 3. The molecule has 0 aromatic heterocycles. The lowest BCUT2D eigenvalue weighted by atomic mass is 9.98. The maximum atomic E-state index is 13.1. The van der Waals surface area contributed by atoms with Crippen molar-refractivity contribution in [2.24, 2.45) is 0 Å². The van der Waals surface area contributed by atoms with Crippen LogP contribution < -0.4 is 10.6 Å². The molecule has 0 radical (unpaired) electrons. The van der Waals surface area contributed by atoms with E-state index in [0.29, 0.717) is 16.5 Å². The number of aromatic carboxylic acids is 1. The minimum atomic E-state index is -1.09. The number of benzene rings is 4. The largest absolute Gasteiger partial charge is 0.478 e. The Bertz CT molecular complexity index is 1410. The summed E-state index contributed by atoms with van der Waals surface area (Å²) >= 11 is 1.38. The minimum Gasteiger partial charge on any atom is -0.478 e. The van der Waals surface area contributed by atoms with E-state index in [-0.39, 0.29) is 22.3 Å². The maximum absolute atomic E-state index is 13.1. The Hall–Kier alpha value is -4.10. The van der Waals surface area contributed by atoms with Crippen LogP contribution in [0.25, 0.3) is 10.8 Å². The molecule has 4 rings (SSSR count). The number of hydrogen-bond acceptors (Lipinski definition) is 4. The first-order chi connectivity index (χ1) is 16.8. The van der Waals surface area contributed by atoms with Crippen molar-refractivity contribution >= 4 is 51.7 Å². The van der Waals surface area contributed by atoms with Crippen molar-refractivity contribution in [3.63, 3.8) is 0 Å². The topological polar surface area (TPSA) is 95.5 Å². The SMILES string of the molecule is Cc1ccc(NC(=O)C(C)Sc2cccc(NC(=O)c3cccc4cccc(C(=O)O)c34)c2)cc1. The molecule has 0 saturated heterocycles. The fourth-order valence-electron chi connectivity index (χ4n) is 3.69. The number of nitrogens with one attached hydrogen (secondary N) is 2. The van der Waals surface area contributed by atoms with Crippen molar-refractivity contribution in [3.8, 4) is 0 Å². The van der Waals surface area contributed by atoms with Gasteiger partial charge in [0.1, 0.15) is 0 Å². The number of carboxylic acid groups (broad SMARTS) is 1. The quantitative estimate of drug-likeness (QED) is 0.271. The van der Waals surface area contributed by atoms with Crippen LogP contribution in [-0.2, 0) is 4.79 Å². The van der Waals surface area contributed by atoms with E-state index in [1.54, 1.807) is 48.5 Å². The molecule has 0 fully saturated rings. The van der Waals surface area contributed by atoms with Crippen LogP contribution in [0.15, 0.2) is 89.8 Å². The summed E-state index contributed by atoms with van der Waals surface area (Å²) < 4.78 is 0. The summed E-state index contributed by atoms with van der Waals surface area (Å²) in [4.78, 5) is 38.2. The predicted octanol–water partition coefficient (Wildman–Crippen LogP) is 6.22. The van der Waals surface area contributed by atoms with Gasteiger partial charge in [-0.3, -0.25) is 9.59 Å². The van der Waals surface area contributed by atoms with Crippen LogP contribution in [0.5, 0.6) is 0 Å². The highest BCUT2D eigenvalue weighted by Crippen LogP contribution is 2.28. The molecule has 6 nitrogen and oxygen atoms in total. The number of amides is 2. The molecule has 35 heavy (non-hydrogen) atoms. The second kappa shape index (κ2) is 10.4. The number of carbonyl (C=O) groups excluding carboxylic acids is 2. The Morgan fingerprint density at radius 3 is 2.14 bits per heavy atom. The third-order valence-electron chi connectivity index (χ3n) is 5.47. The molecule has 3 N–H and O–H groups in total. The van der Waals surface area contributed by atoms with Crippen molar-refractivity contribution in [1.82, 2.24) is 0 Å². The van der Waals surface area contributed by atoms with Crippen LogP contribution in [-0.4, -0.2) is 28.1 Å². The first-order valence-electron chi connectivity index (χ1n) is 11.0. The molecular weight excluding hydrogens is 460 g/mol. The fourth-order valence-corrected chi connectivity index (χ4v) is 4.62. The highest BCUT2D eigenvalue weighted by Gasteiger charge is 2.18. The van der Waals surface area contributed by atoms with Gasteiger partial charge in [0.15, 0.2) is 0 Å². The molecule has 2 amide bonds. The van der Waals surface area contributed by atoms with E-state index in [2.05, 4.69) is 10.6 Å². The molecule has 176 valence electrons. The third kappa shape index (κ3) is 5.70. The van der Waals surface area contributed by atoms with E-state index >= 15 is 0 Å². The Morgan fingerprint density at radius 2 is 1.46 bits per heavy atom. The Kier molecular flexibility index (Phi) is 7.17. The molecule has 0 heterocycles. The van der Waals surface area contributed by atoms with Crippen LogP contribution in [0, 0.1) is 6.92 Å². The molecular formula is C28H24N2O4S. The van der Waals surface area contributed by atoms with Gasteiger partial charge < -0.3 is 15.7 Å². The Morgan fingerprint density at radius 1 is 0.800 bits per heavy atom. The minimum absolute atomic E-state index is 0.0750. The predicted molar refractivity (Wildman–Crippen MR) is 140 cm³/mol. The summed E-state index contributed by atoms with van der Waals surface area (Å²) in [6.07, 6.45) is 0. The highest BCUT2D eigenvalue weighted by molar-refractivity contribution is 8.00. The van der Waals surface area contributed by atoms with Gasteiger partial charge in [0.25, 0.3) is 5.91 Å². The van der Waals surface area contributed by atoms with Crippen LogP contribution in [0.1, 0.15) is 33.2 Å². The maximum Gasteiger partial charge on any atom is 0.336 e. The van der Waals surface area contributed by atoms with E-state index in [0.717, 1.165) is 16.1 Å². The molecule has 0 aliphatic carbocycles. The molecule has 0 aliphatic heterocycles. The van der Waals surface area contributed by atoms with Gasteiger partial charge in [0, 0.05) is 27.2 Å². The van der Waals surface area contributed by atoms with Crippen LogP contribution in [0.4, 0.5) is 11.4 Å². The zero-order chi connectivity index (χ0) is 24.9. The highest BCUT2D eigenvalue weighted by atomic mass is 32.2. The van der Waals surface area contributed by atoms with Crippen molar-refractivity contribution in [2.45, 2.75) is 24.0 Å². The number of carbonyl (C=O) groups is 3. The smallest absolute Gasteiger partial charge is 0.336 e. The average molecular weight is 485 g/mol. The van der Waals surface area contributed by atoms with E-state index in [4.69, 9.17) is 0 Å². The summed E-state index contributed by atoms with van der Waals surface area (Å²) in [5.74, 6) is -1.62. The lowest BCUT2D eigenvalue weighted by Gasteiger charge is -2.14. The number of rotatable bonds is 7. The molecule has 7 heteroatoms. The van der Waals surface area contributed by atoms with Crippen molar-refractivity contribution in [3.05, 3.63) is 102 Å². The van der Waals surface area contributed by atoms with Gasteiger partial charge >= 0.3 is 5.97 Å². The van der Waals surface area contributed by atoms with Crippen molar-refractivity contribution < 1.29 is 19.5 Å². The third-order valence-corrected chi connectivity index (χ3v) is 6.57. The number of thioether (sulfide) groups is 1. The molecule has 4 aromatic carbocycles. The van der Waals surface area contributed by atoms with Crippen LogP contribution in [0.2, 0.25) is 0 Å². The van der Waals surface area contributed by atoms with E-state index in [1.807, 2.05) is 44.2 Å². The van der Waals surface area contributed by atoms with Gasteiger partial charge in [0.2, 0.25) is 5.91 Å². The lowest BCUT2D eigenvalue weighted by Crippen LogP contribution is -2.22. The van der Waals surface area contributed by atoms with Gasteiger partial charge in [-0.1, -0.05) is 48.0 Å². The van der Waals surface area contributed by atoms with Gasteiger partial charge in [0.05, 0.1) is 10.8 Å². The summed E-state index contributed by atoms with van der Waals surface area (Å²) in [6.45, 7) is 3.81. The molecule has 0 aliphatic rings. The molecule has 4 aromatic rings. The Labute approximate surface area is 207 Å². The first-order valence-corrected chi connectivity index (χ1v) is 11.9. The molecule has 0 bridgehead atoms. The summed E-state index contributed by atoms with van der Waals surface area (Å²) in [5, 5.41) is 16.1. The monoisotopic (exact) mass is 484 g/mol. The number of fused-ring (bicyclic) bond motifs is 1. The van der Waals surface area contributed by atoms with Crippen LogP contribution in [0.3, 0.4) is 0 Å². The number of anilines is 2. The Balaban J connectivity index is 1.49. The second-order valence-electron chi connectivity index (χ2n) is 8.11. The van der Waals surface area contributed by atoms with E-state index in [9.17, 15) is 19.5 Å². The van der Waals surface area contributed by atoms with Gasteiger partial charge in [-0.15, -0.1) is 11.8 Å². The van der Waals surface area contributed by atoms with Gasteiger partial charge in [-0.05, 0) is 61.7 Å². The van der Waals surface area contributed by atoms with E-state index < -0.39 is 11.9 Å². The standard InChI is InChI=1S/C28H24N2O4S/c1-17-12-14-20(15-13-17)29-26(31)18(2)35-22-9-5-8-21(16-22)30-27(32)23-10-3-6-19-7-4-11-24(25(19)23)28(33)34/h3-16,18H,1-2H3,(H,29,31)(H,30,32)(H,33,34). The van der Waals surface area contributed by atoms with Crippen LogP contribution >= 0.6 is 11.8 Å². The second-order valence-corrected chi connectivity index (χ2v) is 9.53. The lowest BCUT2D eigenvalue weighted by molar-refractivity contribution is -0.115. The first kappa shape index (κ1) is 24.0. The zero-order valence-electron chi connectivity index (χ0n) is 19.2.